The molecule has 162 valence electrons. The Hall–Kier alpha value is -1.21. The number of nitrogens with zero attached hydrogens (tertiary/aromatic N) is 1. The minimum Gasteiger partial charge on any atom is -0.417 e. The van der Waals surface area contributed by atoms with Crippen LogP contribution in [0.2, 0.25) is 15.1 Å². The smallest absolute Gasteiger partial charge is 0.417 e. The molecule has 30 heavy (non-hydrogen) atoms. The summed E-state index contributed by atoms with van der Waals surface area (Å²) in [6.07, 6.45) is 2.30. The molecule has 0 aliphatic carbocycles. The standard InChI is InChI=1S/C19H20Cl3N2O4PS/c1-3-9-30-29(26,27-4-2)28-15-7-5-13(6-8-15)12-23-24-19(25)18-16(21)10-14(20)11-17(18)22/h5-8,10-12H,3-4,9H2,1-2H3,(H,24,25). The highest BCUT2D eigenvalue weighted by atomic mass is 35.5. The van der Waals surface area contributed by atoms with Crippen LogP contribution in [0.1, 0.15) is 36.2 Å². The molecule has 0 spiro atoms. The lowest BCUT2D eigenvalue weighted by atomic mass is 10.2. The minimum absolute atomic E-state index is 0.0832. The fourth-order valence-corrected chi connectivity index (χ4v) is 6.62. The molecule has 2 rings (SSSR count). The first-order valence-electron chi connectivity index (χ1n) is 8.94. The highest BCUT2D eigenvalue weighted by molar-refractivity contribution is 8.55. The van der Waals surface area contributed by atoms with Gasteiger partial charge in [0, 0.05) is 10.8 Å². The lowest BCUT2D eigenvalue weighted by Gasteiger charge is -2.17. The fourth-order valence-electron chi connectivity index (χ4n) is 2.18. The Morgan fingerprint density at radius 1 is 1.17 bits per heavy atom. The first-order chi connectivity index (χ1) is 14.3. The average Bonchev–Trinajstić information content (AvgIpc) is 2.67. The Kier molecular flexibility index (Phi) is 10.0. The molecule has 0 aliphatic heterocycles. The van der Waals surface area contributed by atoms with Crippen molar-refractivity contribution in [3.05, 3.63) is 62.6 Å². The lowest BCUT2D eigenvalue weighted by molar-refractivity contribution is 0.0955. The zero-order valence-electron chi connectivity index (χ0n) is 16.2. The highest BCUT2D eigenvalue weighted by Crippen LogP contribution is 2.60. The third-order valence-electron chi connectivity index (χ3n) is 3.45. The summed E-state index contributed by atoms with van der Waals surface area (Å²) < 4.78 is 23.6. The molecule has 1 atom stereocenters. The third-order valence-corrected chi connectivity index (χ3v) is 8.22. The Morgan fingerprint density at radius 3 is 2.37 bits per heavy atom. The van der Waals surface area contributed by atoms with Gasteiger partial charge in [0.1, 0.15) is 5.75 Å². The first kappa shape index (κ1) is 25.1. The minimum atomic E-state index is -3.26. The number of hydrogen-bond donors (Lipinski definition) is 1. The number of hydrazone groups is 1. The monoisotopic (exact) mass is 508 g/mol. The normalized spacial score (nSPS) is 13.2. The predicted octanol–water partition coefficient (Wildman–Crippen LogP) is 7.08. The number of amides is 1. The molecule has 0 radical (unpaired) electrons. The Morgan fingerprint density at radius 2 is 1.80 bits per heavy atom. The van der Waals surface area contributed by atoms with E-state index in [4.69, 9.17) is 43.9 Å². The van der Waals surface area contributed by atoms with Crippen LogP contribution in [-0.4, -0.2) is 24.5 Å². The van der Waals surface area contributed by atoms with E-state index in [1.165, 1.54) is 29.7 Å². The molecule has 0 aliphatic rings. The van der Waals surface area contributed by atoms with Gasteiger partial charge in [0.15, 0.2) is 0 Å². The van der Waals surface area contributed by atoms with Crippen LogP contribution in [-0.2, 0) is 9.09 Å². The van der Waals surface area contributed by atoms with Gasteiger partial charge in [-0.3, -0.25) is 9.32 Å². The maximum absolute atomic E-state index is 12.7. The van der Waals surface area contributed by atoms with Gasteiger partial charge in [-0.15, -0.1) is 0 Å². The van der Waals surface area contributed by atoms with Gasteiger partial charge in [-0.1, -0.05) is 41.7 Å². The predicted molar refractivity (Wildman–Crippen MR) is 126 cm³/mol. The van der Waals surface area contributed by atoms with Crippen LogP contribution >= 0.6 is 53.0 Å². The van der Waals surface area contributed by atoms with Crippen LogP contribution < -0.4 is 9.95 Å². The summed E-state index contributed by atoms with van der Waals surface area (Å²) in [6.45, 7) is 0.785. The zero-order valence-corrected chi connectivity index (χ0v) is 20.2. The number of hydrogen-bond acceptors (Lipinski definition) is 6. The summed E-state index contributed by atoms with van der Waals surface area (Å²) >= 11 is 19.1. The van der Waals surface area contributed by atoms with Gasteiger partial charge in [-0.05, 0) is 66.7 Å². The van der Waals surface area contributed by atoms with E-state index in [0.29, 0.717) is 28.7 Å². The number of nitrogens with one attached hydrogen (secondary N) is 1. The molecular weight excluding hydrogens is 490 g/mol. The molecule has 6 nitrogen and oxygen atoms in total. The summed E-state index contributed by atoms with van der Waals surface area (Å²) in [5, 5.41) is 4.48. The Bertz CT molecular complexity index is 934. The quantitative estimate of drug-likeness (QED) is 0.210. The molecule has 2 aromatic carbocycles. The van der Waals surface area contributed by atoms with Crippen LogP contribution in [0.4, 0.5) is 0 Å². The molecule has 0 saturated carbocycles. The number of carbonyl (C=O) groups is 1. The van der Waals surface area contributed by atoms with Gasteiger partial charge in [-0.2, -0.15) is 5.10 Å². The van der Waals surface area contributed by atoms with Crippen LogP contribution in [0.5, 0.6) is 5.75 Å². The number of benzene rings is 2. The van der Waals surface area contributed by atoms with Crippen LogP contribution in [0, 0.1) is 0 Å². The molecule has 11 heteroatoms. The second-order valence-corrected chi connectivity index (χ2v) is 11.2. The van der Waals surface area contributed by atoms with Gasteiger partial charge in [0.05, 0.1) is 28.4 Å². The van der Waals surface area contributed by atoms with E-state index >= 15 is 0 Å². The summed E-state index contributed by atoms with van der Waals surface area (Å²) in [5.41, 5.74) is 3.13. The first-order valence-corrected chi connectivity index (χ1v) is 13.2. The molecule has 0 aromatic heterocycles. The van der Waals surface area contributed by atoms with Crippen molar-refractivity contribution in [2.24, 2.45) is 5.10 Å². The van der Waals surface area contributed by atoms with Gasteiger partial charge >= 0.3 is 6.80 Å². The van der Waals surface area contributed by atoms with Crippen molar-refractivity contribution in [1.82, 2.24) is 5.43 Å². The van der Waals surface area contributed by atoms with Crippen molar-refractivity contribution < 1.29 is 18.4 Å². The van der Waals surface area contributed by atoms with E-state index in [9.17, 15) is 9.36 Å². The maximum Gasteiger partial charge on any atom is 0.440 e. The summed E-state index contributed by atoms with van der Waals surface area (Å²) in [4.78, 5) is 12.2. The van der Waals surface area contributed by atoms with Crippen LogP contribution in [0.3, 0.4) is 0 Å². The molecule has 1 unspecified atom stereocenters. The van der Waals surface area contributed by atoms with Crippen molar-refractivity contribution in [2.75, 3.05) is 12.4 Å². The highest BCUT2D eigenvalue weighted by Gasteiger charge is 2.26. The number of halogens is 3. The van der Waals surface area contributed by atoms with Crippen molar-refractivity contribution in [3.63, 3.8) is 0 Å². The molecule has 0 saturated heterocycles. The molecule has 0 heterocycles. The number of carbonyl (C=O) groups excluding carboxylic acids is 1. The SMILES string of the molecule is CCCSP(=O)(OCC)Oc1ccc(C=NNC(=O)c2c(Cl)cc(Cl)cc2Cl)cc1. The molecule has 0 fully saturated rings. The lowest BCUT2D eigenvalue weighted by Crippen LogP contribution is -2.18. The van der Waals surface area contributed by atoms with Crippen LogP contribution in [0.25, 0.3) is 0 Å². The van der Waals surface area contributed by atoms with Gasteiger partial charge in [0.2, 0.25) is 0 Å². The molecular formula is C19H20Cl3N2O4PS. The second-order valence-electron chi connectivity index (χ2n) is 5.80. The maximum atomic E-state index is 12.7. The van der Waals surface area contributed by atoms with Gasteiger partial charge < -0.3 is 4.52 Å². The van der Waals surface area contributed by atoms with E-state index in [1.807, 2.05) is 6.92 Å². The molecule has 1 N–H and O–H groups in total. The van der Waals surface area contributed by atoms with E-state index in [-0.39, 0.29) is 15.6 Å². The van der Waals surface area contributed by atoms with Crippen LogP contribution in [0.15, 0.2) is 41.5 Å². The van der Waals surface area contributed by atoms with Gasteiger partial charge in [0.25, 0.3) is 5.91 Å². The van der Waals surface area contributed by atoms with E-state index in [2.05, 4.69) is 10.5 Å². The molecule has 0 bridgehead atoms. The third kappa shape index (κ3) is 7.49. The Labute approximate surface area is 194 Å². The van der Waals surface area contributed by atoms with E-state index in [1.54, 1.807) is 31.2 Å². The van der Waals surface area contributed by atoms with Crippen molar-refractivity contribution in [1.29, 1.82) is 0 Å². The zero-order chi connectivity index (χ0) is 22.1. The average molecular weight is 510 g/mol. The number of rotatable bonds is 10. The largest absolute Gasteiger partial charge is 0.440 e. The Balaban J connectivity index is 2.01. The topological polar surface area (TPSA) is 77.0 Å². The second kappa shape index (κ2) is 12.0. The van der Waals surface area contributed by atoms with E-state index in [0.717, 1.165) is 6.42 Å². The molecule has 1 amide bonds. The fraction of sp³-hybridized carbons (Fsp3) is 0.263. The summed E-state index contributed by atoms with van der Waals surface area (Å²) in [6, 6.07) is 9.54. The summed E-state index contributed by atoms with van der Waals surface area (Å²) in [7, 11) is 0. The van der Waals surface area contributed by atoms with Gasteiger partial charge in [-0.25, -0.2) is 9.99 Å². The van der Waals surface area contributed by atoms with Crippen molar-refractivity contribution in [2.45, 2.75) is 20.3 Å². The van der Waals surface area contributed by atoms with Crippen molar-refractivity contribution >= 4 is 65.1 Å². The van der Waals surface area contributed by atoms with Crippen molar-refractivity contribution in [3.8, 4) is 5.75 Å². The molecule has 2 aromatic rings. The van der Waals surface area contributed by atoms with E-state index < -0.39 is 12.7 Å². The summed E-state index contributed by atoms with van der Waals surface area (Å²) in [5.74, 6) is 0.517.